The number of rotatable bonds is 5. The van der Waals surface area contributed by atoms with Crippen molar-refractivity contribution in [1.82, 2.24) is 0 Å². The van der Waals surface area contributed by atoms with Crippen LogP contribution < -0.4 is 46.0 Å². The maximum absolute atomic E-state index is 12.5. The molecule has 0 saturated heterocycles. The van der Waals surface area contributed by atoms with Crippen LogP contribution in [0.5, 0.6) is 5.75 Å². The Hall–Kier alpha value is -3.23. The Balaban J connectivity index is 0.00000484. The van der Waals surface area contributed by atoms with Gasteiger partial charge in [-0.25, -0.2) is 8.42 Å². The molecule has 13 heteroatoms. The van der Waals surface area contributed by atoms with Crippen LogP contribution in [0.1, 0.15) is 33.4 Å². The summed E-state index contributed by atoms with van der Waals surface area (Å²) in [6.45, 7) is 7.41. The van der Waals surface area contributed by atoms with Gasteiger partial charge in [0, 0.05) is 23.2 Å². The van der Waals surface area contributed by atoms with E-state index in [9.17, 15) is 31.0 Å². The number of benzene rings is 3. The van der Waals surface area contributed by atoms with Crippen molar-refractivity contribution in [1.29, 1.82) is 0 Å². The Morgan fingerprint density at radius 3 is 1.76 bits per heavy atom. The summed E-state index contributed by atoms with van der Waals surface area (Å²) < 4.78 is 70.8. The number of nitrogen functional groups attached to an aromatic ring is 2. The number of aryl methyl sites for hydroxylation is 4. The molecule has 0 atom stereocenters. The fraction of sp³-hybridized carbons (Fsp3) is 0.138. The van der Waals surface area contributed by atoms with Gasteiger partial charge in [-0.15, -0.1) is 12.1 Å². The number of hydrogen-bond acceptors (Lipinski definition) is 8. The molecule has 0 heterocycles. The molecule has 1 aliphatic carbocycles. The molecule has 0 aromatic heterocycles. The standard InChI is InChI=1S/C29H28N3O7S2.Na/c1-15-9-20(10-16(2)28(15)30)27(21-11-17(3)29(31)18(4)12-21)19-5-7-23(25(13-19)40(34,35)36)32-24-8-6-22(33)14-26(24)41(37,38)39;/h5-13,33H,30-31H2,1-4H3,(H,34,35,36)(H,37,38,39);/q-1;+1. The minimum atomic E-state index is -5.11. The van der Waals surface area contributed by atoms with Gasteiger partial charge < -0.3 is 21.1 Å². The van der Waals surface area contributed by atoms with Crippen molar-refractivity contribution in [2.75, 3.05) is 11.5 Å². The van der Waals surface area contributed by atoms with Crippen molar-refractivity contribution in [3.05, 3.63) is 105 Å². The van der Waals surface area contributed by atoms with Crippen LogP contribution in [0.15, 0.2) is 70.0 Å². The number of allylic oxidation sites excluding steroid dienone is 5. The molecule has 0 unspecified atom stereocenters. The van der Waals surface area contributed by atoms with Crippen molar-refractivity contribution in [3.8, 4) is 5.75 Å². The minimum absolute atomic E-state index is 0. The number of hydrogen-bond donors (Lipinski definition) is 5. The molecular formula is C29H28N3NaO7S2. The average Bonchev–Trinajstić information content (AvgIpc) is 2.86. The summed E-state index contributed by atoms with van der Waals surface area (Å²) in [6, 6.07) is 11.7. The maximum atomic E-state index is 12.5. The molecule has 3 aromatic carbocycles. The SMILES string of the molecule is Cc1cc(C(=C2C=CC(=[NH+]c3ccc(O)[c-]c3S(=O)(=O)O)C(S(=O)(=O)[O-])=C2)c2cc(C)c(N)c(C)c2)cc(C)c1N.[Na+]. The van der Waals surface area contributed by atoms with Crippen molar-refractivity contribution in [2.45, 2.75) is 32.6 Å². The fourth-order valence-corrected chi connectivity index (χ4v) is 5.93. The molecule has 0 radical (unpaired) electrons. The van der Waals surface area contributed by atoms with E-state index in [0.717, 1.165) is 45.5 Å². The first-order chi connectivity index (χ1) is 19.0. The second-order valence-electron chi connectivity index (χ2n) is 9.77. The molecule has 0 saturated carbocycles. The first kappa shape index (κ1) is 33.3. The molecule has 7 N–H and O–H groups in total. The Labute approximate surface area is 267 Å². The van der Waals surface area contributed by atoms with Gasteiger partial charge in [-0.05, 0) is 109 Å². The van der Waals surface area contributed by atoms with E-state index in [1.54, 1.807) is 6.08 Å². The summed E-state index contributed by atoms with van der Waals surface area (Å²) in [6.07, 6.45) is 4.08. The van der Waals surface area contributed by atoms with Gasteiger partial charge in [-0.1, -0.05) is 6.07 Å². The van der Waals surface area contributed by atoms with Crippen molar-refractivity contribution >= 4 is 48.6 Å². The number of nitrogens with two attached hydrogens (primary N) is 2. The van der Waals surface area contributed by atoms with Gasteiger partial charge in [0.15, 0.2) is 0 Å². The van der Waals surface area contributed by atoms with E-state index in [4.69, 9.17) is 11.5 Å². The monoisotopic (exact) mass is 617 g/mol. The van der Waals surface area contributed by atoms with Gasteiger partial charge in [0.1, 0.15) is 20.7 Å². The van der Waals surface area contributed by atoms with Crippen LogP contribution >= 0.6 is 0 Å². The summed E-state index contributed by atoms with van der Waals surface area (Å²) in [5, 5.41) is 9.65. The van der Waals surface area contributed by atoms with Crippen LogP contribution in [0.2, 0.25) is 0 Å². The summed E-state index contributed by atoms with van der Waals surface area (Å²) in [7, 11) is -9.99. The van der Waals surface area contributed by atoms with Gasteiger partial charge >= 0.3 is 29.6 Å². The predicted octanol–water partition coefficient (Wildman–Crippen LogP) is -0.505. The summed E-state index contributed by atoms with van der Waals surface area (Å²) in [5.41, 5.74) is 18.7. The van der Waals surface area contributed by atoms with Gasteiger partial charge in [-0.3, -0.25) is 9.55 Å². The second-order valence-corrected chi connectivity index (χ2v) is 12.5. The number of phenols is 1. The zero-order valence-corrected chi connectivity index (χ0v) is 27.2. The van der Waals surface area contributed by atoms with E-state index in [2.05, 4.69) is 11.1 Å². The smallest absolute Gasteiger partial charge is 0.744 e. The van der Waals surface area contributed by atoms with Crippen LogP contribution in [0.25, 0.3) is 5.57 Å². The van der Waals surface area contributed by atoms with E-state index in [1.807, 2.05) is 52.0 Å². The van der Waals surface area contributed by atoms with E-state index < -0.39 is 35.8 Å². The minimum Gasteiger partial charge on any atom is -0.744 e. The molecule has 0 amide bonds. The molecule has 1 aliphatic rings. The van der Waals surface area contributed by atoms with Gasteiger partial charge in [0.05, 0.1) is 4.90 Å². The Morgan fingerprint density at radius 2 is 1.33 bits per heavy atom. The largest absolute Gasteiger partial charge is 1.00 e. The van der Waals surface area contributed by atoms with E-state index in [1.165, 1.54) is 12.2 Å². The third-order valence-electron chi connectivity index (χ3n) is 6.73. The Morgan fingerprint density at radius 1 is 0.857 bits per heavy atom. The van der Waals surface area contributed by atoms with E-state index in [-0.39, 0.29) is 41.0 Å². The third-order valence-corrected chi connectivity index (χ3v) is 8.44. The third kappa shape index (κ3) is 6.87. The van der Waals surface area contributed by atoms with Crippen LogP contribution in [0, 0.1) is 33.8 Å². The first-order valence-corrected chi connectivity index (χ1v) is 15.0. The molecule has 214 valence electrons. The van der Waals surface area contributed by atoms with Crippen molar-refractivity contribution in [2.24, 2.45) is 0 Å². The molecular weight excluding hydrogens is 589 g/mol. The van der Waals surface area contributed by atoms with E-state index >= 15 is 0 Å². The van der Waals surface area contributed by atoms with Gasteiger partial charge in [0.25, 0.3) is 10.1 Å². The van der Waals surface area contributed by atoms with Crippen LogP contribution in [-0.2, 0) is 20.2 Å². The Kier molecular flexibility index (Phi) is 9.64. The molecule has 0 fully saturated rings. The van der Waals surface area contributed by atoms with Gasteiger partial charge in [0.2, 0.25) is 5.71 Å². The zero-order valence-electron chi connectivity index (χ0n) is 23.6. The predicted molar refractivity (Wildman–Crippen MR) is 156 cm³/mol. The molecule has 0 bridgehead atoms. The second kappa shape index (κ2) is 12.2. The van der Waals surface area contributed by atoms with E-state index in [0.29, 0.717) is 22.5 Å². The normalized spacial score (nSPS) is 14.5. The van der Waals surface area contributed by atoms with Crippen LogP contribution in [0.3, 0.4) is 0 Å². The molecule has 3 aromatic rings. The summed E-state index contributed by atoms with van der Waals surface area (Å²) in [4.78, 5) is 1.07. The Bertz CT molecular complexity index is 1850. The van der Waals surface area contributed by atoms with Crippen LogP contribution in [0.4, 0.5) is 17.1 Å². The number of anilines is 2. The quantitative estimate of drug-likeness (QED) is 0.0823. The van der Waals surface area contributed by atoms with Crippen molar-refractivity contribution in [3.63, 3.8) is 0 Å². The molecule has 4 rings (SSSR count). The average molecular weight is 618 g/mol. The van der Waals surface area contributed by atoms with Gasteiger partial charge in [-0.2, -0.15) is 8.42 Å². The molecule has 0 spiro atoms. The summed E-state index contributed by atoms with van der Waals surface area (Å²) >= 11 is 0. The van der Waals surface area contributed by atoms with Crippen LogP contribution in [-0.4, -0.2) is 36.8 Å². The molecule has 42 heavy (non-hydrogen) atoms. The first-order valence-electron chi connectivity index (χ1n) is 12.2. The molecule has 10 nitrogen and oxygen atoms in total. The number of aromatic hydroxyl groups is 1. The number of phenolic OH excluding ortho intramolecular Hbond substituents is 1. The number of nitrogens with one attached hydrogen (secondary N) is 1. The fourth-order valence-electron chi connectivity index (χ4n) is 4.64. The summed E-state index contributed by atoms with van der Waals surface area (Å²) in [5.74, 6) is -0.572. The topological polar surface area (TPSA) is 198 Å². The van der Waals surface area contributed by atoms with Crippen molar-refractivity contribution < 1.29 is 65.6 Å². The zero-order chi connectivity index (χ0) is 30.4. The maximum Gasteiger partial charge on any atom is 1.00 e. The molecule has 0 aliphatic heterocycles.